The van der Waals surface area contributed by atoms with Crippen molar-refractivity contribution < 1.29 is 4.42 Å². The van der Waals surface area contributed by atoms with Gasteiger partial charge in [0.2, 0.25) is 0 Å². The van der Waals surface area contributed by atoms with Gasteiger partial charge in [0.15, 0.2) is 17.5 Å². The van der Waals surface area contributed by atoms with Crippen LogP contribution in [0.2, 0.25) is 0 Å². The average molecular weight is 576 g/mol. The molecule has 210 valence electrons. The zero-order valence-corrected chi connectivity index (χ0v) is 24.2. The summed E-state index contributed by atoms with van der Waals surface area (Å²) in [5.74, 6) is 1.94. The molecule has 0 unspecified atom stereocenters. The first-order chi connectivity index (χ1) is 22.3. The molecule has 2 heterocycles. The lowest BCUT2D eigenvalue weighted by atomic mass is 9.94. The fraction of sp³-hybridized carbons (Fsp3) is 0. The van der Waals surface area contributed by atoms with E-state index in [-0.39, 0.29) is 0 Å². The minimum atomic E-state index is 0.641. The second kappa shape index (κ2) is 10.2. The Labute approximate surface area is 259 Å². The molecule has 0 spiro atoms. The van der Waals surface area contributed by atoms with Gasteiger partial charge in [-0.2, -0.15) is 0 Å². The van der Waals surface area contributed by atoms with Crippen molar-refractivity contribution >= 4 is 43.5 Å². The Bertz CT molecular complexity index is 2550. The maximum atomic E-state index is 6.20. The minimum absolute atomic E-state index is 0.641. The van der Waals surface area contributed by atoms with Crippen LogP contribution in [0.5, 0.6) is 0 Å². The number of aromatic nitrogens is 3. The van der Waals surface area contributed by atoms with Gasteiger partial charge in [-0.1, -0.05) is 127 Å². The molecule has 0 atom stereocenters. The van der Waals surface area contributed by atoms with Gasteiger partial charge in [0.25, 0.3) is 0 Å². The SMILES string of the molecule is c1ccc(-c2nc(-c3ccc4ccccc4c3)nc(-c3ccc4c(-c5cccc6oc7ccccc7c56)cccc4c3)n2)cc1. The second-order valence-corrected chi connectivity index (χ2v) is 11.3. The van der Waals surface area contributed by atoms with Crippen molar-refractivity contribution in [1.82, 2.24) is 15.0 Å². The highest BCUT2D eigenvalue weighted by molar-refractivity contribution is 6.15. The number of benzene rings is 7. The highest BCUT2D eigenvalue weighted by Gasteiger charge is 2.16. The van der Waals surface area contributed by atoms with Crippen LogP contribution in [0.3, 0.4) is 0 Å². The van der Waals surface area contributed by atoms with E-state index in [1.165, 1.54) is 5.39 Å². The smallest absolute Gasteiger partial charge is 0.164 e. The predicted molar refractivity (Wildman–Crippen MR) is 184 cm³/mol. The van der Waals surface area contributed by atoms with Gasteiger partial charge in [-0.15, -0.1) is 0 Å². The van der Waals surface area contributed by atoms with E-state index >= 15 is 0 Å². The summed E-state index contributed by atoms with van der Waals surface area (Å²) in [5.41, 5.74) is 6.95. The van der Waals surface area contributed by atoms with E-state index in [1.807, 2.05) is 48.5 Å². The first kappa shape index (κ1) is 25.4. The summed E-state index contributed by atoms with van der Waals surface area (Å²) in [4.78, 5) is 14.9. The third kappa shape index (κ3) is 4.35. The van der Waals surface area contributed by atoms with Gasteiger partial charge in [-0.3, -0.25) is 0 Å². The topological polar surface area (TPSA) is 51.8 Å². The molecule has 2 aromatic heterocycles. The van der Waals surface area contributed by atoms with Crippen LogP contribution in [-0.4, -0.2) is 15.0 Å². The summed E-state index contributed by atoms with van der Waals surface area (Å²) in [5, 5.41) is 6.86. The van der Waals surface area contributed by atoms with Gasteiger partial charge in [0.05, 0.1) is 0 Å². The Kier molecular flexibility index (Phi) is 5.78. The van der Waals surface area contributed by atoms with Gasteiger partial charge >= 0.3 is 0 Å². The molecule has 0 amide bonds. The number of para-hydroxylation sites is 1. The molecule has 0 aliphatic rings. The van der Waals surface area contributed by atoms with Crippen LogP contribution in [0.1, 0.15) is 0 Å². The molecule has 0 saturated heterocycles. The molecular formula is C41H25N3O. The molecule has 0 aliphatic carbocycles. The number of hydrogen-bond donors (Lipinski definition) is 0. The summed E-state index contributed by atoms with van der Waals surface area (Å²) in [6.07, 6.45) is 0. The Hall–Kier alpha value is -6.13. The summed E-state index contributed by atoms with van der Waals surface area (Å²) in [6.45, 7) is 0. The number of rotatable bonds is 4. The van der Waals surface area contributed by atoms with Crippen LogP contribution in [0.4, 0.5) is 0 Å². The normalized spacial score (nSPS) is 11.6. The molecule has 0 bridgehead atoms. The monoisotopic (exact) mass is 575 g/mol. The molecule has 45 heavy (non-hydrogen) atoms. The zero-order valence-electron chi connectivity index (χ0n) is 24.2. The molecular weight excluding hydrogens is 550 g/mol. The van der Waals surface area contributed by atoms with Crippen LogP contribution in [0, 0.1) is 0 Å². The molecule has 7 aromatic carbocycles. The van der Waals surface area contributed by atoms with E-state index in [1.54, 1.807) is 0 Å². The van der Waals surface area contributed by atoms with Gasteiger partial charge in [-0.25, -0.2) is 15.0 Å². The molecule has 9 rings (SSSR count). The third-order valence-electron chi connectivity index (χ3n) is 8.51. The molecule has 4 heteroatoms. The number of hydrogen-bond acceptors (Lipinski definition) is 4. The van der Waals surface area contributed by atoms with Crippen molar-refractivity contribution in [2.24, 2.45) is 0 Å². The summed E-state index contributed by atoms with van der Waals surface area (Å²) >= 11 is 0. The Balaban J connectivity index is 1.21. The zero-order chi connectivity index (χ0) is 29.7. The van der Waals surface area contributed by atoms with E-state index in [9.17, 15) is 0 Å². The van der Waals surface area contributed by atoms with Crippen LogP contribution in [0.25, 0.3) is 88.8 Å². The first-order valence-corrected chi connectivity index (χ1v) is 15.0. The van der Waals surface area contributed by atoms with E-state index in [0.717, 1.165) is 65.9 Å². The fourth-order valence-corrected chi connectivity index (χ4v) is 6.34. The van der Waals surface area contributed by atoms with Crippen molar-refractivity contribution in [1.29, 1.82) is 0 Å². The largest absolute Gasteiger partial charge is 0.456 e. The van der Waals surface area contributed by atoms with Crippen molar-refractivity contribution in [2.75, 3.05) is 0 Å². The fourth-order valence-electron chi connectivity index (χ4n) is 6.34. The molecule has 0 N–H and O–H groups in total. The van der Waals surface area contributed by atoms with Gasteiger partial charge in [-0.05, 0) is 56.9 Å². The Morgan fingerprint density at radius 3 is 1.80 bits per heavy atom. The average Bonchev–Trinajstić information content (AvgIpc) is 3.50. The van der Waals surface area contributed by atoms with Crippen LogP contribution in [-0.2, 0) is 0 Å². The number of furan rings is 1. The molecule has 0 radical (unpaired) electrons. The predicted octanol–water partition coefficient (Wildman–Crippen LogP) is 10.7. The lowest BCUT2D eigenvalue weighted by Crippen LogP contribution is -2.00. The van der Waals surface area contributed by atoms with Crippen molar-refractivity contribution in [3.8, 4) is 45.3 Å². The molecule has 0 saturated carbocycles. The molecule has 0 aliphatic heterocycles. The Morgan fingerprint density at radius 2 is 0.956 bits per heavy atom. The number of fused-ring (bicyclic) bond motifs is 5. The summed E-state index contributed by atoms with van der Waals surface area (Å²) in [7, 11) is 0. The highest BCUT2D eigenvalue weighted by atomic mass is 16.3. The number of nitrogens with zero attached hydrogens (tertiary/aromatic N) is 3. The van der Waals surface area contributed by atoms with Crippen molar-refractivity contribution in [3.05, 3.63) is 152 Å². The lowest BCUT2D eigenvalue weighted by molar-refractivity contribution is 0.669. The van der Waals surface area contributed by atoms with Crippen LogP contribution >= 0.6 is 0 Å². The quantitative estimate of drug-likeness (QED) is 0.209. The minimum Gasteiger partial charge on any atom is -0.456 e. The van der Waals surface area contributed by atoms with Crippen molar-refractivity contribution in [3.63, 3.8) is 0 Å². The van der Waals surface area contributed by atoms with E-state index in [0.29, 0.717) is 17.5 Å². The van der Waals surface area contributed by atoms with Gasteiger partial charge in [0.1, 0.15) is 11.2 Å². The van der Waals surface area contributed by atoms with Crippen LogP contribution in [0.15, 0.2) is 156 Å². The first-order valence-electron chi connectivity index (χ1n) is 15.0. The molecule has 9 aromatic rings. The van der Waals surface area contributed by atoms with Gasteiger partial charge in [0, 0.05) is 27.5 Å². The van der Waals surface area contributed by atoms with Gasteiger partial charge < -0.3 is 4.42 Å². The maximum absolute atomic E-state index is 6.20. The Morgan fingerprint density at radius 1 is 0.356 bits per heavy atom. The van der Waals surface area contributed by atoms with Crippen molar-refractivity contribution in [2.45, 2.75) is 0 Å². The van der Waals surface area contributed by atoms with E-state index in [4.69, 9.17) is 19.4 Å². The standard InChI is InChI=1S/C41H25N3O/c1-2-11-27(12-3-1)39-42-40(30-21-20-26-10-4-5-13-28(26)24-30)44-41(43-39)31-22-23-32-29(25-31)14-8-16-33(32)34-17-9-19-37-38(34)35-15-6-7-18-36(35)45-37/h1-25H. The van der Waals surface area contributed by atoms with E-state index in [2.05, 4.69) is 103 Å². The summed E-state index contributed by atoms with van der Waals surface area (Å²) < 4.78 is 6.20. The summed E-state index contributed by atoms with van der Waals surface area (Å²) in [6, 6.07) is 52.3. The maximum Gasteiger partial charge on any atom is 0.164 e. The second-order valence-electron chi connectivity index (χ2n) is 11.3. The van der Waals surface area contributed by atoms with E-state index < -0.39 is 0 Å². The van der Waals surface area contributed by atoms with Crippen LogP contribution < -0.4 is 0 Å². The lowest BCUT2D eigenvalue weighted by Gasteiger charge is -2.12. The highest BCUT2D eigenvalue weighted by Crippen LogP contribution is 2.40. The molecule has 0 fully saturated rings. The molecule has 4 nitrogen and oxygen atoms in total. The third-order valence-corrected chi connectivity index (χ3v) is 8.51.